The minimum Gasteiger partial charge on any atom is -0.493 e. The number of nitrogens with one attached hydrogen (secondary N) is 1. The zero-order valence-corrected chi connectivity index (χ0v) is 17.8. The second-order valence-corrected chi connectivity index (χ2v) is 6.45. The number of ether oxygens (including phenoxy) is 4. The molecule has 0 aliphatic rings. The highest BCUT2D eigenvalue weighted by atomic mass is 19.1. The van der Waals surface area contributed by atoms with Crippen molar-refractivity contribution in [3.8, 4) is 29.0 Å². The number of aryl methyl sites for hydroxylation is 2. The Hall–Kier alpha value is -3.88. The van der Waals surface area contributed by atoms with Crippen molar-refractivity contribution in [2.45, 2.75) is 13.8 Å². The van der Waals surface area contributed by atoms with Gasteiger partial charge in [-0.25, -0.2) is 4.39 Å². The predicted molar refractivity (Wildman–Crippen MR) is 112 cm³/mol. The first-order valence-corrected chi connectivity index (χ1v) is 9.26. The number of carbonyl (C=O) groups excluding carboxylic acids is 1. The fraction of sp³-hybridized carbons (Fsp3) is 0.227. The van der Waals surface area contributed by atoms with Gasteiger partial charge < -0.3 is 24.3 Å². The maximum absolute atomic E-state index is 13.8. The normalized spacial score (nSPS) is 10.4. The van der Waals surface area contributed by atoms with Crippen molar-refractivity contribution in [3.63, 3.8) is 0 Å². The standard InChI is InChI=1S/C22H22FN3O5/c1-12-19(13(2)25-22(24-12)31-16-9-7-6-8-15(16)23)26-21(27)14-10-17(28-3)20(30-5)18(11-14)29-4/h6-11H,1-5H3,(H,26,27). The average Bonchev–Trinajstić information content (AvgIpc) is 2.76. The van der Waals surface area contributed by atoms with Crippen LogP contribution < -0.4 is 24.3 Å². The molecular formula is C22H22FN3O5. The molecule has 0 unspecified atom stereocenters. The van der Waals surface area contributed by atoms with Gasteiger partial charge in [-0.2, -0.15) is 9.97 Å². The Kier molecular flexibility index (Phi) is 6.54. The number of methoxy groups -OCH3 is 3. The first kappa shape index (κ1) is 21.8. The summed E-state index contributed by atoms with van der Waals surface area (Å²) in [5.74, 6) is 0.149. The van der Waals surface area contributed by atoms with Crippen molar-refractivity contribution in [2.24, 2.45) is 0 Å². The Morgan fingerprint density at radius 3 is 2.00 bits per heavy atom. The van der Waals surface area contributed by atoms with Gasteiger partial charge in [-0.05, 0) is 38.1 Å². The smallest absolute Gasteiger partial charge is 0.322 e. The lowest BCUT2D eigenvalue weighted by atomic mass is 10.1. The number of aromatic nitrogens is 2. The fourth-order valence-corrected chi connectivity index (χ4v) is 2.94. The molecule has 0 atom stereocenters. The summed E-state index contributed by atoms with van der Waals surface area (Å²) in [6.45, 7) is 3.38. The highest BCUT2D eigenvalue weighted by molar-refractivity contribution is 6.05. The molecule has 162 valence electrons. The lowest BCUT2D eigenvalue weighted by molar-refractivity contribution is 0.102. The number of rotatable bonds is 7. The van der Waals surface area contributed by atoms with Gasteiger partial charge in [0, 0.05) is 5.56 Å². The van der Waals surface area contributed by atoms with Crippen LogP contribution in [0.1, 0.15) is 21.7 Å². The van der Waals surface area contributed by atoms with E-state index in [1.807, 2.05) is 0 Å². The van der Waals surface area contributed by atoms with Crippen molar-refractivity contribution in [2.75, 3.05) is 26.6 Å². The molecule has 1 N–H and O–H groups in total. The molecule has 0 fully saturated rings. The summed E-state index contributed by atoms with van der Waals surface area (Å²) < 4.78 is 35.1. The van der Waals surface area contributed by atoms with Gasteiger partial charge in [-0.3, -0.25) is 4.79 Å². The van der Waals surface area contributed by atoms with Gasteiger partial charge in [0.1, 0.15) is 0 Å². The van der Waals surface area contributed by atoms with Crippen molar-refractivity contribution in [1.82, 2.24) is 9.97 Å². The molecule has 0 spiro atoms. The molecular weight excluding hydrogens is 405 g/mol. The van der Waals surface area contributed by atoms with Crippen LogP contribution in [0.2, 0.25) is 0 Å². The summed E-state index contributed by atoms with van der Waals surface area (Å²) in [7, 11) is 4.42. The van der Waals surface area contributed by atoms with Crippen LogP contribution in [-0.4, -0.2) is 37.2 Å². The van der Waals surface area contributed by atoms with Gasteiger partial charge in [-0.15, -0.1) is 0 Å². The fourth-order valence-electron chi connectivity index (χ4n) is 2.94. The Labute approximate surface area is 179 Å². The number of benzene rings is 2. The summed E-state index contributed by atoms with van der Waals surface area (Å²) in [6, 6.07) is 9.01. The number of amides is 1. The number of anilines is 1. The molecule has 3 rings (SSSR count). The first-order valence-electron chi connectivity index (χ1n) is 9.26. The maximum Gasteiger partial charge on any atom is 0.322 e. The van der Waals surface area contributed by atoms with E-state index in [4.69, 9.17) is 18.9 Å². The zero-order chi connectivity index (χ0) is 22.5. The summed E-state index contributed by atoms with van der Waals surface area (Å²) in [5, 5.41) is 2.79. The molecule has 3 aromatic rings. The molecule has 31 heavy (non-hydrogen) atoms. The van der Waals surface area contributed by atoms with Gasteiger partial charge in [0.2, 0.25) is 5.75 Å². The Bertz CT molecular complexity index is 1070. The third-order valence-electron chi connectivity index (χ3n) is 4.45. The van der Waals surface area contributed by atoms with Crippen LogP contribution in [-0.2, 0) is 0 Å². The Morgan fingerprint density at radius 1 is 0.903 bits per heavy atom. The van der Waals surface area contributed by atoms with E-state index in [0.717, 1.165) is 0 Å². The number of hydrogen-bond acceptors (Lipinski definition) is 7. The zero-order valence-electron chi connectivity index (χ0n) is 17.8. The Balaban J connectivity index is 1.87. The van der Waals surface area contributed by atoms with Crippen molar-refractivity contribution in [3.05, 3.63) is 59.2 Å². The molecule has 0 saturated heterocycles. The van der Waals surface area contributed by atoms with Crippen LogP contribution >= 0.6 is 0 Å². The summed E-state index contributed by atoms with van der Waals surface area (Å²) in [6.07, 6.45) is 0. The summed E-state index contributed by atoms with van der Waals surface area (Å²) in [4.78, 5) is 21.3. The van der Waals surface area contributed by atoms with E-state index >= 15 is 0 Å². The van der Waals surface area contributed by atoms with Gasteiger partial charge >= 0.3 is 6.01 Å². The average molecular weight is 427 g/mol. The molecule has 0 radical (unpaired) electrons. The minimum absolute atomic E-state index is 0.00973. The number of hydrogen-bond donors (Lipinski definition) is 1. The molecule has 0 aliphatic carbocycles. The van der Waals surface area contributed by atoms with E-state index in [1.54, 1.807) is 26.0 Å². The monoisotopic (exact) mass is 427 g/mol. The van der Waals surface area contributed by atoms with Crippen LogP contribution in [0.4, 0.5) is 10.1 Å². The SMILES string of the molecule is COc1cc(C(=O)Nc2c(C)nc(Oc3ccccc3F)nc2C)cc(OC)c1OC. The van der Waals surface area contributed by atoms with Crippen LogP contribution in [0.15, 0.2) is 36.4 Å². The minimum atomic E-state index is -0.527. The molecule has 0 saturated carbocycles. The molecule has 1 aromatic heterocycles. The second-order valence-electron chi connectivity index (χ2n) is 6.45. The van der Waals surface area contributed by atoms with Crippen molar-refractivity contribution in [1.29, 1.82) is 0 Å². The van der Waals surface area contributed by atoms with E-state index in [1.165, 1.54) is 45.6 Å². The van der Waals surface area contributed by atoms with Crippen molar-refractivity contribution < 1.29 is 28.1 Å². The number of halogens is 1. The third kappa shape index (κ3) is 4.66. The highest BCUT2D eigenvalue weighted by Gasteiger charge is 2.19. The second kappa shape index (κ2) is 9.29. The van der Waals surface area contributed by atoms with Crippen molar-refractivity contribution >= 4 is 11.6 Å². The molecule has 9 heteroatoms. The summed E-state index contributed by atoms with van der Waals surface area (Å²) >= 11 is 0. The maximum atomic E-state index is 13.8. The Morgan fingerprint density at radius 2 is 1.48 bits per heavy atom. The van der Waals surface area contributed by atoms with Gasteiger partial charge in [0.15, 0.2) is 23.1 Å². The quantitative estimate of drug-likeness (QED) is 0.601. The third-order valence-corrected chi connectivity index (χ3v) is 4.45. The molecule has 8 nitrogen and oxygen atoms in total. The molecule has 0 aliphatic heterocycles. The van der Waals surface area contributed by atoms with E-state index in [-0.39, 0.29) is 11.8 Å². The van der Waals surface area contributed by atoms with Gasteiger partial charge in [0.25, 0.3) is 5.91 Å². The van der Waals surface area contributed by atoms with Crippen LogP contribution in [0.5, 0.6) is 29.0 Å². The number of nitrogens with zero attached hydrogens (tertiary/aromatic N) is 2. The lowest BCUT2D eigenvalue weighted by Gasteiger charge is -2.15. The van der Waals surface area contributed by atoms with Crippen LogP contribution in [0.25, 0.3) is 0 Å². The summed E-state index contributed by atoms with van der Waals surface area (Å²) in [5.41, 5.74) is 1.62. The largest absolute Gasteiger partial charge is 0.493 e. The van der Waals surface area contributed by atoms with E-state index in [9.17, 15) is 9.18 Å². The van der Waals surface area contributed by atoms with Crippen LogP contribution in [0, 0.1) is 19.7 Å². The van der Waals surface area contributed by atoms with Gasteiger partial charge in [-0.1, -0.05) is 12.1 Å². The topological polar surface area (TPSA) is 91.8 Å². The lowest BCUT2D eigenvalue weighted by Crippen LogP contribution is -2.16. The van der Waals surface area contributed by atoms with E-state index in [0.29, 0.717) is 39.9 Å². The van der Waals surface area contributed by atoms with E-state index < -0.39 is 11.7 Å². The molecule has 0 bridgehead atoms. The first-order chi connectivity index (χ1) is 14.9. The molecule has 2 aromatic carbocycles. The predicted octanol–water partition coefficient (Wildman–Crippen LogP) is 4.30. The van der Waals surface area contributed by atoms with E-state index in [2.05, 4.69) is 15.3 Å². The molecule has 1 heterocycles. The van der Waals surface area contributed by atoms with Crippen LogP contribution in [0.3, 0.4) is 0 Å². The number of carbonyl (C=O) groups is 1. The highest BCUT2D eigenvalue weighted by Crippen LogP contribution is 2.38. The van der Waals surface area contributed by atoms with Gasteiger partial charge in [0.05, 0.1) is 38.4 Å². The number of para-hydroxylation sites is 1. The molecule has 1 amide bonds.